The van der Waals surface area contributed by atoms with E-state index in [0.29, 0.717) is 42.9 Å². The number of halogens is 3. The van der Waals surface area contributed by atoms with E-state index in [0.717, 1.165) is 51.6 Å². The van der Waals surface area contributed by atoms with Crippen LogP contribution in [0.1, 0.15) is 78.2 Å². The summed E-state index contributed by atoms with van der Waals surface area (Å²) in [6.07, 6.45) is 9.93. The third kappa shape index (κ3) is 4.84. The molecule has 0 spiro atoms. The molecule has 8 heteroatoms. The Morgan fingerprint density at radius 2 is 1.95 bits per heavy atom. The van der Waals surface area contributed by atoms with Gasteiger partial charge in [-0.05, 0) is 72.2 Å². The van der Waals surface area contributed by atoms with E-state index >= 15 is 4.39 Å². The van der Waals surface area contributed by atoms with Crippen LogP contribution in [-0.4, -0.2) is 33.8 Å². The Balaban J connectivity index is 1.14. The van der Waals surface area contributed by atoms with Crippen LogP contribution in [0.25, 0.3) is 23.5 Å². The summed E-state index contributed by atoms with van der Waals surface area (Å²) < 4.78 is 44.2. The molecule has 1 aromatic carbocycles. The highest BCUT2D eigenvalue weighted by Crippen LogP contribution is 2.51. The van der Waals surface area contributed by atoms with Gasteiger partial charge in [-0.25, -0.2) is 23.1 Å². The first-order valence-corrected chi connectivity index (χ1v) is 14.7. The van der Waals surface area contributed by atoms with Crippen LogP contribution in [0.3, 0.4) is 0 Å². The Morgan fingerprint density at radius 3 is 2.71 bits per heavy atom. The van der Waals surface area contributed by atoms with E-state index < -0.39 is 23.4 Å². The average molecular weight is 570 g/mol. The number of hydrogen-bond donors (Lipinski definition) is 1. The van der Waals surface area contributed by atoms with Gasteiger partial charge in [-0.1, -0.05) is 43.2 Å². The fourth-order valence-electron chi connectivity index (χ4n) is 6.26. The molecule has 42 heavy (non-hydrogen) atoms. The third-order valence-corrected chi connectivity index (χ3v) is 9.07. The van der Waals surface area contributed by atoms with Crippen LogP contribution in [0.4, 0.5) is 13.2 Å². The molecule has 5 nitrogen and oxygen atoms in total. The van der Waals surface area contributed by atoms with Gasteiger partial charge in [0.2, 0.25) is 0 Å². The largest absolute Gasteiger partial charge is 0.351 e. The predicted molar refractivity (Wildman–Crippen MR) is 155 cm³/mol. The molecule has 0 bridgehead atoms. The topological polar surface area (TPSA) is 67.8 Å². The molecule has 1 saturated carbocycles. The lowest BCUT2D eigenvalue weighted by atomic mass is 9.82. The fraction of sp³-hybridized carbons (Fsp3) is 0.382. The van der Waals surface area contributed by atoms with Crippen molar-refractivity contribution in [1.82, 2.24) is 20.3 Å². The smallest absolute Gasteiger partial charge is 0.276 e. The highest BCUT2D eigenvalue weighted by Gasteiger charge is 2.49. The molecule has 215 valence electrons. The first-order valence-electron chi connectivity index (χ1n) is 14.7. The van der Waals surface area contributed by atoms with Crippen molar-refractivity contribution in [2.24, 2.45) is 5.41 Å². The second-order valence-corrected chi connectivity index (χ2v) is 12.4. The Morgan fingerprint density at radius 1 is 1.12 bits per heavy atom. The van der Waals surface area contributed by atoms with E-state index in [-0.39, 0.29) is 17.5 Å². The van der Waals surface area contributed by atoms with E-state index in [4.69, 9.17) is 9.97 Å². The summed E-state index contributed by atoms with van der Waals surface area (Å²) in [6.45, 7) is 4.25. The number of fused-ring (bicyclic) bond motifs is 2. The summed E-state index contributed by atoms with van der Waals surface area (Å²) in [6, 6.07) is 7.07. The molecule has 1 N–H and O–H groups in total. The summed E-state index contributed by atoms with van der Waals surface area (Å²) in [5, 5.41) is 4.83. The van der Waals surface area contributed by atoms with Crippen molar-refractivity contribution < 1.29 is 18.0 Å². The van der Waals surface area contributed by atoms with Crippen molar-refractivity contribution in [3.8, 4) is 11.4 Å². The second-order valence-electron chi connectivity index (χ2n) is 12.4. The summed E-state index contributed by atoms with van der Waals surface area (Å²) in [4.78, 5) is 27.4. The summed E-state index contributed by atoms with van der Waals surface area (Å²) in [5.41, 5.74) is 2.34. The zero-order chi connectivity index (χ0) is 29.2. The van der Waals surface area contributed by atoms with Gasteiger partial charge >= 0.3 is 0 Å². The minimum atomic E-state index is -3.19. The SMILES string of the molecule is CCc1cc(C(=O)NCC2(C)C=c3nc(-c4cncc(C5CC5)n4)ccc3=CC2)cc2c1CC1=C([CH]1)C[C@@]2(F)C(F)F. The van der Waals surface area contributed by atoms with Crippen molar-refractivity contribution in [2.45, 2.75) is 70.4 Å². The van der Waals surface area contributed by atoms with Gasteiger partial charge in [0.15, 0.2) is 5.67 Å². The number of carbonyl (C=O) groups is 1. The molecule has 0 aliphatic heterocycles. The highest BCUT2D eigenvalue weighted by atomic mass is 19.3. The minimum absolute atomic E-state index is 0.0501. The van der Waals surface area contributed by atoms with Crippen LogP contribution in [0, 0.1) is 11.8 Å². The van der Waals surface area contributed by atoms with Crippen molar-refractivity contribution in [3.05, 3.63) is 92.7 Å². The van der Waals surface area contributed by atoms with Gasteiger partial charge in [0, 0.05) is 42.5 Å². The molecular weight excluding hydrogens is 537 g/mol. The molecule has 0 saturated heterocycles. The van der Waals surface area contributed by atoms with Gasteiger partial charge in [-0.2, -0.15) is 0 Å². The number of carbonyl (C=O) groups excluding carboxylic acids is 1. The lowest BCUT2D eigenvalue weighted by molar-refractivity contribution is -0.0382. The standard InChI is InChI=1S/C34H32F3N4O/c1-3-19-10-23(13-26-25(19)12-22-11-24(22)14-34(26,37)32(35)36)31(42)39-18-33(2)9-8-21-6-7-27(40-28(21)15-33)30-17-38-16-29(41-30)20-4-5-20/h6-8,10-11,13,15-17,20,32H,3-5,9,12,14,18H2,1-2H3,(H,39,42)/t33?,34-/m0/s1. The number of nitrogens with zero attached hydrogens (tertiary/aromatic N) is 3. The monoisotopic (exact) mass is 569 g/mol. The summed E-state index contributed by atoms with van der Waals surface area (Å²) in [7, 11) is 0. The number of amides is 1. The molecule has 2 atom stereocenters. The molecule has 3 aromatic rings. The Labute approximate surface area is 242 Å². The lowest BCUT2D eigenvalue weighted by Gasteiger charge is -2.29. The number of aromatic nitrogens is 3. The van der Waals surface area contributed by atoms with E-state index in [2.05, 4.69) is 22.5 Å². The van der Waals surface area contributed by atoms with Crippen molar-refractivity contribution in [3.63, 3.8) is 0 Å². The minimum Gasteiger partial charge on any atom is -0.351 e. The number of nitrogens with one attached hydrogen (secondary N) is 1. The van der Waals surface area contributed by atoms with Gasteiger partial charge in [0.25, 0.3) is 12.3 Å². The average Bonchev–Trinajstić information content (AvgIpc) is 3.92. The number of hydrogen-bond acceptors (Lipinski definition) is 4. The van der Waals surface area contributed by atoms with Crippen LogP contribution >= 0.6 is 0 Å². The normalized spacial score (nSPS) is 24.1. The summed E-state index contributed by atoms with van der Waals surface area (Å²) in [5.74, 6) is 0.0909. The maximum absolute atomic E-state index is 15.9. The molecule has 1 radical (unpaired) electrons. The van der Waals surface area contributed by atoms with Gasteiger partial charge in [-0.3, -0.25) is 9.78 Å². The number of pyridine rings is 1. The number of allylic oxidation sites excluding steroid dienone is 2. The van der Waals surface area contributed by atoms with E-state index in [1.165, 1.54) is 6.07 Å². The van der Waals surface area contributed by atoms with Crippen LogP contribution in [-0.2, 0) is 18.5 Å². The molecule has 4 aliphatic rings. The zero-order valence-corrected chi connectivity index (χ0v) is 23.7. The van der Waals surface area contributed by atoms with Gasteiger partial charge < -0.3 is 5.32 Å². The Bertz CT molecular complexity index is 1780. The van der Waals surface area contributed by atoms with Crippen LogP contribution in [0.2, 0.25) is 0 Å². The maximum Gasteiger partial charge on any atom is 0.276 e. The first-order chi connectivity index (χ1) is 20.2. The fourth-order valence-corrected chi connectivity index (χ4v) is 6.26. The zero-order valence-electron chi connectivity index (χ0n) is 23.7. The Kier molecular flexibility index (Phi) is 6.37. The van der Waals surface area contributed by atoms with Crippen LogP contribution in [0.15, 0.2) is 47.8 Å². The molecule has 1 fully saturated rings. The summed E-state index contributed by atoms with van der Waals surface area (Å²) >= 11 is 0. The van der Waals surface area contributed by atoms with Crippen molar-refractivity contribution in [1.29, 1.82) is 0 Å². The Hall–Kier alpha value is -3.81. The quantitative estimate of drug-likeness (QED) is 0.421. The maximum atomic E-state index is 15.9. The van der Waals surface area contributed by atoms with Crippen molar-refractivity contribution in [2.75, 3.05) is 6.54 Å². The van der Waals surface area contributed by atoms with Crippen LogP contribution < -0.4 is 15.9 Å². The molecular formula is C34H32F3N4O. The number of rotatable bonds is 7. The van der Waals surface area contributed by atoms with E-state index in [9.17, 15) is 13.6 Å². The molecule has 4 aliphatic carbocycles. The van der Waals surface area contributed by atoms with Gasteiger partial charge in [0.05, 0.1) is 22.9 Å². The van der Waals surface area contributed by atoms with E-state index in [1.54, 1.807) is 18.7 Å². The number of benzene rings is 1. The van der Waals surface area contributed by atoms with Gasteiger partial charge in [-0.15, -0.1) is 0 Å². The van der Waals surface area contributed by atoms with Gasteiger partial charge in [0.1, 0.15) is 5.69 Å². The third-order valence-electron chi connectivity index (χ3n) is 9.07. The molecule has 2 heterocycles. The number of alkyl halides is 3. The van der Waals surface area contributed by atoms with Crippen molar-refractivity contribution >= 4 is 18.1 Å². The molecule has 1 unspecified atom stereocenters. The first kappa shape index (κ1) is 27.0. The molecule has 7 rings (SSSR count). The predicted octanol–water partition coefficient (Wildman–Crippen LogP) is 5.27. The molecule has 1 amide bonds. The molecule has 2 aromatic heterocycles. The number of aryl methyl sites for hydroxylation is 1. The van der Waals surface area contributed by atoms with E-state index in [1.807, 2.05) is 32.2 Å². The van der Waals surface area contributed by atoms with Crippen LogP contribution in [0.5, 0.6) is 0 Å². The second kappa shape index (κ2) is 9.89. The lowest BCUT2D eigenvalue weighted by Crippen LogP contribution is -2.41. The highest BCUT2D eigenvalue weighted by molar-refractivity contribution is 5.95.